The molecule has 0 saturated heterocycles. The van der Waals surface area contributed by atoms with Gasteiger partial charge in [-0.1, -0.05) is 13.0 Å². The van der Waals surface area contributed by atoms with Crippen molar-refractivity contribution in [3.63, 3.8) is 0 Å². The van der Waals surface area contributed by atoms with E-state index in [0.717, 1.165) is 10.6 Å². The monoisotopic (exact) mass is 470 g/mol. The lowest BCUT2D eigenvalue weighted by atomic mass is 10.0. The number of carbonyl (C=O) groups excluding carboxylic acids is 1. The molecule has 1 atom stereocenters. The van der Waals surface area contributed by atoms with Gasteiger partial charge in [0.1, 0.15) is 16.6 Å². The van der Waals surface area contributed by atoms with Crippen LogP contribution in [0.4, 0.5) is 21.2 Å². The molecule has 0 fully saturated rings. The molecular formula is C22H26N6O4S. The van der Waals surface area contributed by atoms with Crippen molar-refractivity contribution in [3.05, 3.63) is 53.8 Å². The summed E-state index contributed by atoms with van der Waals surface area (Å²) in [5.41, 5.74) is 1.42. The zero-order valence-corrected chi connectivity index (χ0v) is 19.0. The number of aliphatic hydroxyl groups is 1. The first kappa shape index (κ1) is 24.1. The number of nitrogens with zero attached hydrogens (tertiary/aromatic N) is 4. The van der Waals surface area contributed by atoms with Gasteiger partial charge in [0.05, 0.1) is 12.2 Å². The van der Waals surface area contributed by atoms with Crippen LogP contribution in [0.2, 0.25) is 0 Å². The summed E-state index contributed by atoms with van der Waals surface area (Å²) in [6, 6.07) is 8.21. The molecule has 3 rings (SSSR count). The maximum atomic E-state index is 12.4. The summed E-state index contributed by atoms with van der Waals surface area (Å²) in [4.78, 5) is 38.0. The number of amides is 3. The number of rotatable bonds is 10. The van der Waals surface area contributed by atoms with Gasteiger partial charge in [-0.25, -0.2) is 19.6 Å². The predicted octanol–water partition coefficient (Wildman–Crippen LogP) is 4.13. The molecule has 0 spiro atoms. The molecular weight excluding hydrogens is 444 g/mol. The number of hydrogen-bond acceptors (Lipinski definition) is 7. The SMILES string of the molecule is CC(CCO)CCN(Cc1cccc(NC(=O)Nc2csc(-c3ccncc3)n2)n1)C(=O)O. The normalized spacial score (nSPS) is 11.6. The lowest BCUT2D eigenvalue weighted by Gasteiger charge is -2.21. The van der Waals surface area contributed by atoms with E-state index >= 15 is 0 Å². The minimum Gasteiger partial charge on any atom is -0.465 e. The number of urea groups is 1. The van der Waals surface area contributed by atoms with E-state index in [2.05, 4.69) is 25.6 Å². The maximum Gasteiger partial charge on any atom is 0.407 e. The molecule has 1 unspecified atom stereocenters. The molecule has 0 aromatic carbocycles. The summed E-state index contributed by atoms with van der Waals surface area (Å²) < 4.78 is 0. The smallest absolute Gasteiger partial charge is 0.407 e. The summed E-state index contributed by atoms with van der Waals surface area (Å²) in [5, 5.41) is 26.3. The molecule has 3 heterocycles. The van der Waals surface area contributed by atoms with Gasteiger partial charge in [-0.15, -0.1) is 11.3 Å². The second-order valence-electron chi connectivity index (χ2n) is 7.48. The van der Waals surface area contributed by atoms with Crippen molar-refractivity contribution in [1.29, 1.82) is 0 Å². The summed E-state index contributed by atoms with van der Waals surface area (Å²) in [7, 11) is 0. The number of carbonyl (C=O) groups is 2. The second kappa shape index (κ2) is 11.9. The largest absolute Gasteiger partial charge is 0.465 e. The van der Waals surface area contributed by atoms with Gasteiger partial charge in [0.15, 0.2) is 0 Å². The molecule has 0 saturated carbocycles. The van der Waals surface area contributed by atoms with Crippen LogP contribution < -0.4 is 10.6 Å². The Bertz CT molecular complexity index is 1060. The standard InChI is InChI=1S/C22H26N6O4S/c1-15(8-12-29)7-11-28(22(31)32)13-17-3-2-4-18(24-17)26-21(30)27-19-14-33-20(25-19)16-5-9-23-10-6-16/h2-6,9-10,14-15,29H,7-8,11-13H2,1H3,(H,31,32)(H2,24,26,27,30). The Balaban J connectivity index is 1.57. The summed E-state index contributed by atoms with van der Waals surface area (Å²) >= 11 is 1.40. The predicted molar refractivity (Wildman–Crippen MR) is 126 cm³/mol. The number of nitrogens with one attached hydrogen (secondary N) is 2. The zero-order valence-electron chi connectivity index (χ0n) is 18.1. The summed E-state index contributed by atoms with van der Waals surface area (Å²) in [6.45, 7) is 2.48. The fourth-order valence-electron chi connectivity index (χ4n) is 3.04. The van der Waals surface area contributed by atoms with Crippen LogP contribution in [0.3, 0.4) is 0 Å². The highest BCUT2D eigenvalue weighted by molar-refractivity contribution is 7.13. The molecule has 33 heavy (non-hydrogen) atoms. The van der Waals surface area contributed by atoms with Gasteiger partial charge in [-0.3, -0.25) is 15.6 Å². The van der Waals surface area contributed by atoms with Crippen LogP contribution in [-0.4, -0.2) is 55.3 Å². The lowest BCUT2D eigenvalue weighted by molar-refractivity contribution is 0.137. The molecule has 10 nitrogen and oxygen atoms in total. The van der Waals surface area contributed by atoms with E-state index in [-0.39, 0.29) is 19.1 Å². The van der Waals surface area contributed by atoms with Gasteiger partial charge in [0.25, 0.3) is 0 Å². The third-order valence-corrected chi connectivity index (χ3v) is 5.75. The van der Waals surface area contributed by atoms with Crippen LogP contribution in [0.1, 0.15) is 25.5 Å². The number of hydrogen-bond donors (Lipinski definition) is 4. The van der Waals surface area contributed by atoms with E-state index < -0.39 is 12.1 Å². The Labute approximate surface area is 195 Å². The van der Waals surface area contributed by atoms with Crippen LogP contribution >= 0.6 is 11.3 Å². The van der Waals surface area contributed by atoms with Crippen LogP contribution in [0.15, 0.2) is 48.1 Å². The Morgan fingerprint density at radius 3 is 2.58 bits per heavy atom. The number of pyridine rings is 2. The van der Waals surface area contributed by atoms with Gasteiger partial charge in [-0.2, -0.15) is 0 Å². The first-order chi connectivity index (χ1) is 15.9. The van der Waals surface area contributed by atoms with E-state index in [1.807, 2.05) is 19.1 Å². The average Bonchev–Trinajstić information content (AvgIpc) is 3.25. The van der Waals surface area contributed by atoms with Gasteiger partial charge < -0.3 is 15.1 Å². The minimum atomic E-state index is -1.04. The third-order valence-electron chi connectivity index (χ3n) is 4.86. The molecule has 0 aliphatic rings. The van der Waals surface area contributed by atoms with Crippen LogP contribution in [-0.2, 0) is 6.54 Å². The van der Waals surface area contributed by atoms with E-state index in [4.69, 9.17) is 5.11 Å². The molecule has 0 aliphatic heterocycles. The van der Waals surface area contributed by atoms with Gasteiger partial charge in [-0.05, 0) is 43.0 Å². The first-order valence-corrected chi connectivity index (χ1v) is 11.3. The zero-order chi connectivity index (χ0) is 23.6. The van der Waals surface area contributed by atoms with Crippen molar-refractivity contribution in [3.8, 4) is 10.6 Å². The first-order valence-electron chi connectivity index (χ1n) is 10.4. The topological polar surface area (TPSA) is 141 Å². The van der Waals surface area contributed by atoms with Gasteiger partial charge in [0, 0.05) is 36.5 Å². The fraction of sp³-hybridized carbons (Fsp3) is 0.318. The van der Waals surface area contributed by atoms with E-state index in [1.54, 1.807) is 36.0 Å². The highest BCUT2D eigenvalue weighted by Gasteiger charge is 2.15. The number of thiazole rings is 1. The maximum absolute atomic E-state index is 12.4. The molecule has 3 aromatic heterocycles. The van der Waals surface area contributed by atoms with E-state index in [9.17, 15) is 14.7 Å². The Hall–Kier alpha value is -3.57. The van der Waals surface area contributed by atoms with Crippen molar-refractivity contribution in [2.75, 3.05) is 23.8 Å². The van der Waals surface area contributed by atoms with E-state index in [0.29, 0.717) is 36.7 Å². The van der Waals surface area contributed by atoms with Crippen LogP contribution in [0.25, 0.3) is 10.6 Å². The van der Waals surface area contributed by atoms with Gasteiger partial charge in [0.2, 0.25) is 0 Å². The molecule has 11 heteroatoms. The average molecular weight is 471 g/mol. The molecule has 0 aliphatic carbocycles. The van der Waals surface area contributed by atoms with Gasteiger partial charge >= 0.3 is 12.1 Å². The van der Waals surface area contributed by atoms with Crippen molar-refractivity contribution in [2.24, 2.45) is 5.92 Å². The highest BCUT2D eigenvalue weighted by Crippen LogP contribution is 2.25. The molecule has 3 amide bonds. The van der Waals surface area contributed by atoms with Crippen molar-refractivity contribution >= 4 is 35.1 Å². The number of carboxylic acid groups (broad SMARTS) is 1. The van der Waals surface area contributed by atoms with Crippen molar-refractivity contribution in [1.82, 2.24) is 19.9 Å². The molecule has 3 aromatic rings. The Morgan fingerprint density at radius 1 is 1.09 bits per heavy atom. The Morgan fingerprint density at radius 2 is 1.85 bits per heavy atom. The molecule has 4 N–H and O–H groups in total. The third kappa shape index (κ3) is 7.51. The fourth-order valence-corrected chi connectivity index (χ4v) is 3.80. The number of aromatic nitrogens is 3. The number of anilines is 2. The lowest BCUT2D eigenvalue weighted by Crippen LogP contribution is -2.31. The number of aliphatic hydroxyl groups excluding tert-OH is 1. The molecule has 0 radical (unpaired) electrons. The second-order valence-corrected chi connectivity index (χ2v) is 8.34. The van der Waals surface area contributed by atoms with Crippen LogP contribution in [0.5, 0.6) is 0 Å². The molecule has 0 bridgehead atoms. The quantitative estimate of drug-likeness (QED) is 0.349. The van der Waals surface area contributed by atoms with Crippen molar-refractivity contribution in [2.45, 2.75) is 26.3 Å². The highest BCUT2D eigenvalue weighted by atomic mass is 32.1. The van der Waals surface area contributed by atoms with Crippen molar-refractivity contribution < 1.29 is 19.8 Å². The van der Waals surface area contributed by atoms with E-state index in [1.165, 1.54) is 16.2 Å². The summed E-state index contributed by atoms with van der Waals surface area (Å²) in [6.07, 6.45) is 3.58. The van der Waals surface area contributed by atoms with Crippen LogP contribution in [0, 0.1) is 5.92 Å². The summed E-state index contributed by atoms with van der Waals surface area (Å²) in [5.74, 6) is 0.925. The molecule has 174 valence electrons. The minimum absolute atomic E-state index is 0.0809. The Kier molecular flexibility index (Phi) is 8.67.